The third kappa shape index (κ3) is 3.56. The van der Waals surface area contributed by atoms with E-state index in [1.165, 1.54) is 72.0 Å². The van der Waals surface area contributed by atoms with Gasteiger partial charge in [0.1, 0.15) is 11.5 Å². The van der Waals surface area contributed by atoms with Crippen LogP contribution in [0.25, 0.3) is 44.7 Å². The molecule has 10 rings (SSSR count). The summed E-state index contributed by atoms with van der Waals surface area (Å²) in [6.07, 6.45) is 11.0. The van der Waals surface area contributed by atoms with Crippen LogP contribution in [-0.4, -0.2) is 4.57 Å². The largest absolute Gasteiger partial charge is 0.456 e. The summed E-state index contributed by atoms with van der Waals surface area (Å²) >= 11 is 0. The molecular formula is C47H35NO. The zero-order valence-electron chi connectivity index (χ0n) is 27.9. The van der Waals surface area contributed by atoms with E-state index >= 15 is 0 Å². The van der Waals surface area contributed by atoms with Gasteiger partial charge in [0.05, 0.1) is 22.1 Å². The molecule has 49 heavy (non-hydrogen) atoms. The first-order valence-corrected chi connectivity index (χ1v) is 17.2. The van der Waals surface area contributed by atoms with Crippen LogP contribution in [0.3, 0.4) is 0 Å². The van der Waals surface area contributed by atoms with E-state index in [-0.39, 0.29) is 5.41 Å². The second-order valence-corrected chi connectivity index (χ2v) is 14.0. The Morgan fingerprint density at radius 3 is 2.14 bits per heavy atom. The Kier molecular flexibility index (Phi) is 5.79. The van der Waals surface area contributed by atoms with Crippen molar-refractivity contribution in [1.82, 2.24) is 4.57 Å². The van der Waals surface area contributed by atoms with E-state index in [0.717, 1.165) is 17.1 Å². The number of allylic oxidation sites excluding steroid dienone is 5. The summed E-state index contributed by atoms with van der Waals surface area (Å²) in [5.41, 5.74) is 14.1. The van der Waals surface area contributed by atoms with Crippen LogP contribution in [0.15, 0.2) is 157 Å². The van der Waals surface area contributed by atoms with Crippen LogP contribution in [0, 0.1) is 0 Å². The van der Waals surface area contributed by atoms with Crippen LogP contribution in [-0.2, 0) is 10.8 Å². The fraction of sp³-hybridized carbons (Fsp3) is 0.106. The van der Waals surface area contributed by atoms with E-state index in [0.29, 0.717) is 0 Å². The molecule has 2 nitrogen and oxygen atoms in total. The number of rotatable bonds is 3. The maximum Gasteiger partial charge on any atom is 0.140 e. The molecule has 1 aromatic heterocycles. The highest BCUT2D eigenvalue weighted by molar-refractivity contribution is 6.12. The molecule has 0 radical (unpaired) electrons. The average molecular weight is 630 g/mol. The molecule has 7 aromatic rings. The lowest BCUT2D eigenvalue weighted by Gasteiger charge is -2.45. The normalized spacial score (nSPS) is 18.1. The first-order chi connectivity index (χ1) is 24.0. The predicted molar refractivity (Wildman–Crippen MR) is 203 cm³/mol. The zero-order valence-corrected chi connectivity index (χ0v) is 27.9. The van der Waals surface area contributed by atoms with Gasteiger partial charge in [-0.3, -0.25) is 0 Å². The van der Waals surface area contributed by atoms with Crippen LogP contribution in [0.4, 0.5) is 0 Å². The predicted octanol–water partition coefficient (Wildman–Crippen LogP) is 12.1. The molecule has 6 aromatic carbocycles. The Bertz CT molecular complexity index is 2630. The van der Waals surface area contributed by atoms with Gasteiger partial charge in [-0.1, -0.05) is 147 Å². The summed E-state index contributed by atoms with van der Waals surface area (Å²) < 4.78 is 9.60. The molecule has 2 aliphatic heterocycles. The van der Waals surface area contributed by atoms with Crippen molar-refractivity contribution >= 4 is 27.9 Å². The molecule has 0 saturated heterocycles. The van der Waals surface area contributed by atoms with Gasteiger partial charge in [0.25, 0.3) is 0 Å². The van der Waals surface area contributed by atoms with E-state index in [9.17, 15) is 0 Å². The van der Waals surface area contributed by atoms with Gasteiger partial charge in [-0.15, -0.1) is 0 Å². The number of ether oxygens (including phenoxy) is 1. The third-order valence-electron chi connectivity index (χ3n) is 11.2. The molecular weight excluding hydrogens is 595 g/mol. The third-order valence-corrected chi connectivity index (χ3v) is 11.2. The van der Waals surface area contributed by atoms with Gasteiger partial charge in [-0.2, -0.15) is 0 Å². The minimum atomic E-state index is -0.589. The fourth-order valence-corrected chi connectivity index (χ4v) is 9.08. The van der Waals surface area contributed by atoms with Crippen LogP contribution in [0.1, 0.15) is 54.2 Å². The van der Waals surface area contributed by atoms with Gasteiger partial charge in [0.15, 0.2) is 0 Å². The number of hydrogen-bond acceptors (Lipinski definition) is 1. The van der Waals surface area contributed by atoms with Crippen LogP contribution in [0.5, 0.6) is 11.5 Å². The molecule has 1 aliphatic carbocycles. The molecule has 0 bridgehead atoms. The average Bonchev–Trinajstić information content (AvgIpc) is 3.61. The second-order valence-electron chi connectivity index (χ2n) is 14.0. The zero-order chi connectivity index (χ0) is 32.9. The van der Waals surface area contributed by atoms with Crippen LogP contribution in [0.2, 0.25) is 0 Å². The van der Waals surface area contributed by atoms with E-state index in [1.807, 2.05) is 0 Å². The smallest absolute Gasteiger partial charge is 0.140 e. The summed E-state index contributed by atoms with van der Waals surface area (Å²) in [5.74, 6) is 1.83. The number of hydrogen-bond donors (Lipinski definition) is 0. The van der Waals surface area contributed by atoms with Crippen molar-refractivity contribution in [3.63, 3.8) is 0 Å². The van der Waals surface area contributed by atoms with E-state index in [4.69, 9.17) is 4.74 Å². The monoisotopic (exact) mass is 629 g/mol. The molecule has 1 atom stereocenters. The molecule has 234 valence electrons. The quantitative estimate of drug-likeness (QED) is 0.177. The van der Waals surface area contributed by atoms with Crippen molar-refractivity contribution in [2.75, 3.05) is 0 Å². The number of aromatic nitrogens is 1. The Morgan fingerprint density at radius 1 is 0.592 bits per heavy atom. The number of benzene rings is 6. The van der Waals surface area contributed by atoms with Gasteiger partial charge >= 0.3 is 0 Å². The van der Waals surface area contributed by atoms with Gasteiger partial charge < -0.3 is 9.30 Å². The van der Waals surface area contributed by atoms with Crippen molar-refractivity contribution in [3.8, 4) is 28.3 Å². The molecule has 1 unspecified atom stereocenters. The Balaban J connectivity index is 1.32. The first-order valence-electron chi connectivity index (χ1n) is 17.2. The minimum Gasteiger partial charge on any atom is -0.456 e. The first kappa shape index (κ1) is 28.2. The molecule has 3 aliphatic rings. The van der Waals surface area contributed by atoms with Gasteiger partial charge in [0.2, 0.25) is 0 Å². The van der Waals surface area contributed by atoms with E-state index in [2.05, 4.69) is 183 Å². The fourth-order valence-electron chi connectivity index (χ4n) is 9.08. The van der Waals surface area contributed by atoms with Crippen molar-refractivity contribution in [3.05, 3.63) is 191 Å². The minimum absolute atomic E-state index is 0.113. The molecule has 1 spiro atoms. The Labute approximate surface area is 286 Å². The summed E-state index contributed by atoms with van der Waals surface area (Å²) in [5, 5.41) is 2.55. The highest BCUT2D eigenvalue weighted by Gasteiger charge is 2.50. The maximum absolute atomic E-state index is 7.12. The molecule has 2 heteroatoms. The molecule has 3 heterocycles. The SMILES string of the molecule is C/C=C\C=C/C1=Cc2c(-c3cccc4c3Oc3ccccc3C43c4ccccc4-n4c5ccccc5c5cccc3c54)cccc2C1(C)C. The topological polar surface area (TPSA) is 14.2 Å². The standard InChI is InChI=1S/C47H35NO/c1-4-5-6-16-30-29-35-31(18-13-23-36(35)46(30,2)3)34-20-15-25-40-45(34)49-43-28-12-9-22-38(43)47(40)37-21-8-11-27-42(37)48-41-26-10-7-17-32(41)33-19-14-24-39(47)44(33)48/h4-29H,1-3H3/b5-4-,16-6-. The molecule has 0 saturated carbocycles. The summed E-state index contributed by atoms with van der Waals surface area (Å²) in [4.78, 5) is 0. The maximum atomic E-state index is 7.12. The lowest BCUT2D eigenvalue weighted by Crippen LogP contribution is -2.37. The van der Waals surface area contributed by atoms with Crippen molar-refractivity contribution in [1.29, 1.82) is 0 Å². The number of nitrogens with zero attached hydrogens (tertiary/aromatic N) is 1. The highest BCUT2D eigenvalue weighted by atomic mass is 16.5. The molecule has 0 amide bonds. The van der Waals surface area contributed by atoms with E-state index < -0.39 is 5.41 Å². The van der Waals surface area contributed by atoms with Gasteiger partial charge in [-0.05, 0) is 64.6 Å². The number of para-hydroxylation sites is 5. The van der Waals surface area contributed by atoms with Gasteiger partial charge in [-0.25, -0.2) is 0 Å². The Hall–Kier alpha value is -5.86. The summed E-state index contributed by atoms with van der Waals surface area (Å²) in [6.45, 7) is 6.71. The molecule has 0 N–H and O–H groups in total. The Morgan fingerprint density at radius 2 is 1.27 bits per heavy atom. The number of fused-ring (bicyclic) bond motifs is 12. The van der Waals surface area contributed by atoms with Crippen LogP contribution < -0.4 is 4.74 Å². The van der Waals surface area contributed by atoms with Crippen molar-refractivity contribution in [2.45, 2.75) is 31.6 Å². The second kappa shape index (κ2) is 10.1. The molecule has 0 fully saturated rings. The van der Waals surface area contributed by atoms with Crippen LogP contribution >= 0.6 is 0 Å². The lowest BCUT2D eigenvalue weighted by atomic mass is 9.61. The van der Waals surface area contributed by atoms with E-state index in [1.54, 1.807) is 0 Å². The van der Waals surface area contributed by atoms with Crippen molar-refractivity contribution in [2.24, 2.45) is 0 Å². The highest BCUT2D eigenvalue weighted by Crippen LogP contribution is 2.62. The summed E-state index contributed by atoms with van der Waals surface area (Å²) in [7, 11) is 0. The van der Waals surface area contributed by atoms with Gasteiger partial charge in [0, 0.05) is 32.9 Å². The lowest BCUT2D eigenvalue weighted by molar-refractivity contribution is 0.435. The van der Waals surface area contributed by atoms with Crippen molar-refractivity contribution < 1.29 is 4.74 Å². The summed E-state index contributed by atoms with van der Waals surface area (Å²) in [6, 6.07) is 46.9.